The van der Waals surface area contributed by atoms with Crippen LogP contribution in [0.15, 0.2) is 28.7 Å². The molecule has 2 saturated heterocycles. The first-order valence-corrected chi connectivity index (χ1v) is 8.32. The standard InChI is InChI=1S/C18H24N2O2/c1-14-17(16-4-2-3-5-18(16)22-14)13-19-7-6-15(12-19)20-8-10-21-11-9-20/h2-5,15H,6-13H2,1H3. The fraction of sp³-hybridized carbons (Fsp3) is 0.556. The summed E-state index contributed by atoms with van der Waals surface area (Å²) in [4.78, 5) is 5.17. The van der Waals surface area contributed by atoms with Gasteiger partial charge >= 0.3 is 0 Å². The second kappa shape index (κ2) is 6.03. The summed E-state index contributed by atoms with van der Waals surface area (Å²) < 4.78 is 11.4. The molecule has 1 aromatic carbocycles. The van der Waals surface area contributed by atoms with Gasteiger partial charge in [0.1, 0.15) is 11.3 Å². The first kappa shape index (κ1) is 14.2. The average Bonchev–Trinajstić information content (AvgIpc) is 3.14. The molecule has 2 fully saturated rings. The zero-order valence-corrected chi connectivity index (χ0v) is 13.3. The Kier molecular flexibility index (Phi) is 3.90. The van der Waals surface area contributed by atoms with Gasteiger partial charge in [-0.25, -0.2) is 0 Å². The lowest BCUT2D eigenvalue weighted by Gasteiger charge is -2.32. The Morgan fingerprint density at radius 3 is 2.82 bits per heavy atom. The molecule has 2 aromatic rings. The Morgan fingerprint density at radius 1 is 1.14 bits per heavy atom. The van der Waals surface area contributed by atoms with Crippen LogP contribution in [0.4, 0.5) is 0 Å². The molecule has 1 aromatic heterocycles. The van der Waals surface area contributed by atoms with Crippen molar-refractivity contribution >= 4 is 11.0 Å². The molecule has 2 aliphatic heterocycles. The molecule has 2 aliphatic rings. The van der Waals surface area contributed by atoms with E-state index in [0.29, 0.717) is 6.04 Å². The molecular formula is C18H24N2O2. The Balaban J connectivity index is 1.46. The molecule has 1 atom stereocenters. The minimum absolute atomic E-state index is 0.697. The van der Waals surface area contributed by atoms with Gasteiger partial charge in [0.15, 0.2) is 0 Å². The number of rotatable bonds is 3. The molecule has 0 N–H and O–H groups in total. The number of hydrogen-bond donors (Lipinski definition) is 0. The number of aryl methyl sites for hydroxylation is 1. The summed E-state index contributed by atoms with van der Waals surface area (Å²) in [5.74, 6) is 1.07. The van der Waals surface area contributed by atoms with Crippen LogP contribution < -0.4 is 0 Å². The molecule has 0 bridgehead atoms. The highest BCUT2D eigenvalue weighted by molar-refractivity contribution is 5.82. The summed E-state index contributed by atoms with van der Waals surface area (Å²) in [6.07, 6.45) is 1.27. The summed E-state index contributed by atoms with van der Waals surface area (Å²) in [7, 11) is 0. The largest absolute Gasteiger partial charge is 0.461 e. The van der Waals surface area contributed by atoms with Gasteiger partial charge in [-0.05, 0) is 19.4 Å². The molecule has 0 amide bonds. The van der Waals surface area contributed by atoms with E-state index in [2.05, 4.69) is 34.9 Å². The average molecular weight is 300 g/mol. The van der Waals surface area contributed by atoms with Crippen LogP contribution in [0.3, 0.4) is 0 Å². The van der Waals surface area contributed by atoms with Gasteiger partial charge in [0, 0.05) is 49.7 Å². The Labute approximate surface area is 131 Å². The van der Waals surface area contributed by atoms with Crippen molar-refractivity contribution in [3.8, 4) is 0 Å². The van der Waals surface area contributed by atoms with Gasteiger partial charge in [0.2, 0.25) is 0 Å². The van der Waals surface area contributed by atoms with Gasteiger partial charge in [-0.3, -0.25) is 9.80 Å². The number of benzene rings is 1. The lowest BCUT2D eigenvalue weighted by molar-refractivity contribution is 0.0184. The quantitative estimate of drug-likeness (QED) is 0.871. The molecule has 0 aliphatic carbocycles. The molecular weight excluding hydrogens is 276 g/mol. The van der Waals surface area contributed by atoms with Crippen LogP contribution in [0.2, 0.25) is 0 Å². The highest BCUT2D eigenvalue weighted by atomic mass is 16.5. The lowest BCUT2D eigenvalue weighted by Crippen LogP contribution is -2.44. The number of para-hydroxylation sites is 1. The van der Waals surface area contributed by atoms with Gasteiger partial charge in [-0.15, -0.1) is 0 Å². The van der Waals surface area contributed by atoms with E-state index in [1.54, 1.807) is 0 Å². The van der Waals surface area contributed by atoms with Crippen molar-refractivity contribution in [1.29, 1.82) is 0 Å². The predicted molar refractivity (Wildman–Crippen MR) is 87.0 cm³/mol. The Morgan fingerprint density at radius 2 is 1.95 bits per heavy atom. The molecule has 118 valence electrons. The van der Waals surface area contributed by atoms with Crippen LogP contribution in [-0.4, -0.2) is 55.2 Å². The third-order valence-corrected chi connectivity index (χ3v) is 5.09. The number of hydrogen-bond acceptors (Lipinski definition) is 4. The first-order valence-electron chi connectivity index (χ1n) is 8.32. The molecule has 4 nitrogen and oxygen atoms in total. The van der Waals surface area contributed by atoms with Crippen LogP contribution in [0.1, 0.15) is 17.7 Å². The van der Waals surface area contributed by atoms with E-state index in [9.17, 15) is 0 Å². The number of furan rings is 1. The third kappa shape index (κ3) is 2.67. The maximum Gasteiger partial charge on any atom is 0.134 e. The van der Waals surface area contributed by atoms with Crippen LogP contribution >= 0.6 is 0 Å². The summed E-state index contributed by atoms with van der Waals surface area (Å²) in [5.41, 5.74) is 2.37. The summed E-state index contributed by atoms with van der Waals surface area (Å²) >= 11 is 0. The molecule has 4 rings (SSSR count). The number of morpholine rings is 1. The van der Waals surface area contributed by atoms with E-state index >= 15 is 0 Å². The van der Waals surface area contributed by atoms with E-state index in [1.807, 2.05) is 6.07 Å². The van der Waals surface area contributed by atoms with Crippen molar-refractivity contribution in [2.45, 2.75) is 25.9 Å². The van der Waals surface area contributed by atoms with Gasteiger partial charge in [0.25, 0.3) is 0 Å². The maximum atomic E-state index is 5.90. The second-order valence-electron chi connectivity index (χ2n) is 6.46. The fourth-order valence-electron chi connectivity index (χ4n) is 3.84. The predicted octanol–water partition coefficient (Wildman–Crippen LogP) is 2.65. The van der Waals surface area contributed by atoms with Crippen molar-refractivity contribution in [3.63, 3.8) is 0 Å². The number of nitrogens with zero attached hydrogens (tertiary/aromatic N) is 2. The van der Waals surface area contributed by atoms with Gasteiger partial charge < -0.3 is 9.15 Å². The van der Waals surface area contributed by atoms with Gasteiger partial charge in [0.05, 0.1) is 13.2 Å². The molecule has 1 unspecified atom stereocenters. The first-order chi connectivity index (χ1) is 10.8. The molecule has 3 heterocycles. The monoisotopic (exact) mass is 300 g/mol. The zero-order chi connectivity index (χ0) is 14.9. The minimum Gasteiger partial charge on any atom is -0.461 e. The van der Waals surface area contributed by atoms with Crippen LogP contribution in [0.25, 0.3) is 11.0 Å². The lowest BCUT2D eigenvalue weighted by atomic mass is 10.1. The molecule has 0 spiro atoms. The Hall–Kier alpha value is -1.36. The summed E-state index contributed by atoms with van der Waals surface area (Å²) in [6.45, 7) is 9.40. The normalized spacial score (nSPS) is 24.3. The minimum atomic E-state index is 0.697. The molecule has 0 radical (unpaired) electrons. The van der Waals surface area contributed by atoms with E-state index in [0.717, 1.165) is 44.2 Å². The molecule has 4 heteroatoms. The smallest absolute Gasteiger partial charge is 0.134 e. The zero-order valence-electron chi connectivity index (χ0n) is 13.3. The van der Waals surface area contributed by atoms with Crippen molar-refractivity contribution in [2.24, 2.45) is 0 Å². The van der Waals surface area contributed by atoms with Crippen molar-refractivity contribution in [2.75, 3.05) is 39.4 Å². The van der Waals surface area contributed by atoms with Crippen molar-refractivity contribution in [3.05, 3.63) is 35.6 Å². The van der Waals surface area contributed by atoms with Crippen molar-refractivity contribution in [1.82, 2.24) is 9.80 Å². The highest BCUT2D eigenvalue weighted by Crippen LogP contribution is 2.28. The topological polar surface area (TPSA) is 28.9 Å². The van der Waals surface area contributed by atoms with E-state index in [1.165, 1.54) is 30.5 Å². The number of fused-ring (bicyclic) bond motifs is 1. The summed E-state index contributed by atoms with van der Waals surface area (Å²) in [5, 5.41) is 1.27. The maximum absolute atomic E-state index is 5.90. The van der Waals surface area contributed by atoms with Crippen LogP contribution in [0.5, 0.6) is 0 Å². The molecule has 22 heavy (non-hydrogen) atoms. The number of ether oxygens (including phenoxy) is 1. The van der Waals surface area contributed by atoms with Gasteiger partial charge in [-0.1, -0.05) is 18.2 Å². The van der Waals surface area contributed by atoms with E-state index in [-0.39, 0.29) is 0 Å². The second-order valence-corrected chi connectivity index (χ2v) is 6.46. The van der Waals surface area contributed by atoms with E-state index in [4.69, 9.17) is 9.15 Å². The van der Waals surface area contributed by atoms with E-state index < -0.39 is 0 Å². The molecule has 0 saturated carbocycles. The van der Waals surface area contributed by atoms with Crippen molar-refractivity contribution < 1.29 is 9.15 Å². The van der Waals surface area contributed by atoms with Crippen LogP contribution in [-0.2, 0) is 11.3 Å². The fourth-order valence-corrected chi connectivity index (χ4v) is 3.84. The highest BCUT2D eigenvalue weighted by Gasteiger charge is 2.29. The SMILES string of the molecule is Cc1oc2ccccc2c1CN1CCC(N2CCOCC2)C1. The van der Waals surface area contributed by atoms with Crippen LogP contribution in [0, 0.1) is 6.92 Å². The number of likely N-dealkylation sites (tertiary alicyclic amines) is 1. The Bertz CT molecular complexity index is 646. The van der Waals surface area contributed by atoms with Gasteiger partial charge in [-0.2, -0.15) is 0 Å². The summed E-state index contributed by atoms with van der Waals surface area (Å²) in [6, 6.07) is 9.08. The third-order valence-electron chi connectivity index (χ3n) is 5.09.